The third kappa shape index (κ3) is 3.38. The van der Waals surface area contributed by atoms with Crippen LogP contribution in [0.15, 0.2) is 0 Å². The molecule has 3 N–H and O–H groups in total. The van der Waals surface area contributed by atoms with Crippen molar-refractivity contribution in [1.82, 2.24) is 15.1 Å². The molecule has 0 aromatic heterocycles. The minimum absolute atomic E-state index is 0.00140. The molecule has 2 aliphatic heterocycles. The highest BCUT2D eigenvalue weighted by atomic mass is 16.2. The molecule has 140 valence electrons. The third-order valence-corrected chi connectivity index (χ3v) is 6.24. The Bertz CT molecular complexity index is 557. The zero-order valence-corrected chi connectivity index (χ0v) is 15.3. The molecule has 3 rings (SSSR count). The van der Waals surface area contributed by atoms with E-state index in [1.54, 1.807) is 4.90 Å². The van der Waals surface area contributed by atoms with Gasteiger partial charge in [0, 0.05) is 19.1 Å². The van der Waals surface area contributed by atoms with Gasteiger partial charge in [0.05, 0.1) is 0 Å². The summed E-state index contributed by atoms with van der Waals surface area (Å²) in [4.78, 5) is 40.8. The van der Waals surface area contributed by atoms with Crippen LogP contribution >= 0.6 is 0 Å². The van der Waals surface area contributed by atoms with Gasteiger partial charge in [-0.25, -0.2) is 4.79 Å². The zero-order chi connectivity index (χ0) is 18.2. The first-order chi connectivity index (χ1) is 11.9. The smallest absolute Gasteiger partial charge is 0.325 e. The lowest BCUT2D eigenvalue weighted by Crippen LogP contribution is -2.53. The molecule has 4 amide bonds. The number of urea groups is 1. The van der Waals surface area contributed by atoms with Gasteiger partial charge >= 0.3 is 6.03 Å². The Morgan fingerprint density at radius 3 is 2.52 bits per heavy atom. The summed E-state index contributed by atoms with van der Waals surface area (Å²) in [5.74, 6) is 0.716. The quantitative estimate of drug-likeness (QED) is 0.744. The Balaban J connectivity index is 1.67. The summed E-state index contributed by atoms with van der Waals surface area (Å²) >= 11 is 0. The Hall–Kier alpha value is -1.63. The molecule has 0 aromatic rings. The van der Waals surface area contributed by atoms with Crippen LogP contribution in [0.3, 0.4) is 0 Å². The Labute approximate surface area is 149 Å². The summed E-state index contributed by atoms with van der Waals surface area (Å²) in [5.41, 5.74) is 5.04. The van der Waals surface area contributed by atoms with Gasteiger partial charge in [-0.3, -0.25) is 14.5 Å². The molecule has 2 atom stereocenters. The molecule has 2 heterocycles. The number of carbonyl (C=O) groups excluding carboxylic acids is 3. The second-order valence-corrected chi connectivity index (χ2v) is 8.19. The fourth-order valence-electron chi connectivity index (χ4n) is 4.44. The van der Waals surface area contributed by atoms with Gasteiger partial charge in [0.1, 0.15) is 12.1 Å². The number of hydrogen-bond donors (Lipinski definition) is 2. The maximum atomic E-state index is 12.9. The molecule has 3 aliphatic rings. The van der Waals surface area contributed by atoms with E-state index in [-0.39, 0.29) is 24.4 Å². The summed E-state index contributed by atoms with van der Waals surface area (Å²) in [7, 11) is 0. The number of nitrogens with two attached hydrogens (primary N) is 1. The van der Waals surface area contributed by atoms with Crippen molar-refractivity contribution in [3.63, 3.8) is 0 Å². The predicted octanol–water partition coefficient (Wildman–Crippen LogP) is 1.07. The van der Waals surface area contributed by atoms with E-state index in [9.17, 15) is 14.4 Å². The van der Waals surface area contributed by atoms with Crippen molar-refractivity contribution < 1.29 is 14.4 Å². The fraction of sp³-hybridized carbons (Fsp3) is 0.833. The number of imide groups is 1. The Kier molecular flexibility index (Phi) is 5.04. The standard InChI is InChI=1S/C18H30N4O3/c1-12-3-6-18(7-4-12)16(24)22(17(25)20-18)11-15(23)21-8-5-13(2)9-14(21)10-19/h12-14H,3-11,19H2,1-2H3,(H,20,25). The minimum Gasteiger partial charge on any atom is -0.337 e. The van der Waals surface area contributed by atoms with Crippen LogP contribution in [-0.2, 0) is 9.59 Å². The molecule has 0 radical (unpaired) electrons. The molecular weight excluding hydrogens is 320 g/mol. The van der Waals surface area contributed by atoms with Crippen LogP contribution in [0.25, 0.3) is 0 Å². The number of nitrogens with one attached hydrogen (secondary N) is 1. The highest BCUT2D eigenvalue weighted by molar-refractivity contribution is 6.09. The van der Waals surface area contributed by atoms with Crippen molar-refractivity contribution in [3.05, 3.63) is 0 Å². The van der Waals surface area contributed by atoms with Crippen LogP contribution in [-0.4, -0.2) is 58.9 Å². The van der Waals surface area contributed by atoms with Gasteiger partial charge in [-0.2, -0.15) is 0 Å². The number of likely N-dealkylation sites (tertiary alicyclic amines) is 1. The average Bonchev–Trinajstić information content (AvgIpc) is 2.81. The lowest BCUT2D eigenvalue weighted by atomic mass is 9.77. The fourth-order valence-corrected chi connectivity index (χ4v) is 4.44. The SMILES string of the molecule is CC1CCC2(CC1)NC(=O)N(CC(=O)N1CCC(C)CC1CN)C2=O. The van der Waals surface area contributed by atoms with Gasteiger partial charge in [-0.05, 0) is 50.4 Å². The van der Waals surface area contributed by atoms with Gasteiger partial charge in [0.2, 0.25) is 5.91 Å². The maximum absolute atomic E-state index is 12.9. The summed E-state index contributed by atoms with van der Waals surface area (Å²) in [6.45, 7) is 5.22. The second kappa shape index (κ2) is 6.94. The first-order valence-electron chi connectivity index (χ1n) is 9.50. The van der Waals surface area contributed by atoms with Crippen LogP contribution in [0, 0.1) is 11.8 Å². The van der Waals surface area contributed by atoms with E-state index >= 15 is 0 Å². The molecule has 2 unspecified atom stereocenters. The van der Waals surface area contributed by atoms with Gasteiger partial charge in [-0.1, -0.05) is 13.8 Å². The van der Waals surface area contributed by atoms with E-state index in [0.29, 0.717) is 37.8 Å². The van der Waals surface area contributed by atoms with E-state index < -0.39 is 11.6 Å². The Morgan fingerprint density at radius 2 is 1.88 bits per heavy atom. The van der Waals surface area contributed by atoms with E-state index in [0.717, 1.165) is 30.6 Å². The van der Waals surface area contributed by atoms with E-state index in [1.807, 2.05) is 0 Å². The van der Waals surface area contributed by atoms with E-state index in [1.165, 1.54) is 0 Å². The first-order valence-corrected chi connectivity index (χ1v) is 9.50. The third-order valence-electron chi connectivity index (χ3n) is 6.24. The zero-order valence-electron chi connectivity index (χ0n) is 15.3. The van der Waals surface area contributed by atoms with Crippen molar-refractivity contribution in [2.45, 2.75) is 64.0 Å². The van der Waals surface area contributed by atoms with Crippen molar-refractivity contribution in [2.24, 2.45) is 17.6 Å². The summed E-state index contributed by atoms with van der Waals surface area (Å²) in [5, 5.41) is 2.87. The van der Waals surface area contributed by atoms with Crippen LogP contribution in [0.2, 0.25) is 0 Å². The number of nitrogens with zero attached hydrogens (tertiary/aromatic N) is 2. The van der Waals surface area contributed by atoms with Gasteiger partial charge < -0.3 is 16.0 Å². The number of piperidine rings is 1. The van der Waals surface area contributed by atoms with Gasteiger partial charge in [-0.15, -0.1) is 0 Å². The number of hydrogen-bond acceptors (Lipinski definition) is 4. The van der Waals surface area contributed by atoms with Crippen molar-refractivity contribution >= 4 is 17.8 Å². The molecule has 7 nitrogen and oxygen atoms in total. The summed E-state index contributed by atoms with van der Waals surface area (Å²) in [6.07, 6.45) is 4.99. The maximum Gasteiger partial charge on any atom is 0.325 e. The van der Waals surface area contributed by atoms with Crippen LogP contribution in [0.4, 0.5) is 4.79 Å². The highest BCUT2D eigenvalue weighted by Gasteiger charge is 2.52. The number of rotatable bonds is 3. The van der Waals surface area contributed by atoms with Crippen molar-refractivity contribution in [1.29, 1.82) is 0 Å². The second-order valence-electron chi connectivity index (χ2n) is 8.19. The normalized spacial score (nSPS) is 36.0. The molecule has 1 spiro atoms. The van der Waals surface area contributed by atoms with Crippen molar-refractivity contribution in [2.75, 3.05) is 19.6 Å². The molecule has 1 saturated carbocycles. The summed E-state index contributed by atoms with van der Waals surface area (Å²) < 4.78 is 0. The monoisotopic (exact) mass is 350 g/mol. The lowest BCUT2D eigenvalue weighted by molar-refractivity contribution is -0.142. The van der Waals surface area contributed by atoms with Crippen LogP contribution in [0.5, 0.6) is 0 Å². The largest absolute Gasteiger partial charge is 0.337 e. The molecular formula is C18H30N4O3. The molecule has 3 fully saturated rings. The molecule has 2 saturated heterocycles. The highest BCUT2D eigenvalue weighted by Crippen LogP contribution is 2.36. The Morgan fingerprint density at radius 1 is 1.20 bits per heavy atom. The van der Waals surface area contributed by atoms with Gasteiger partial charge in [0.25, 0.3) is 5.91 Å². The molecule has 7 heteroatoms. The molecule has 0 aromatic carbocycles. The average molecular weight is 350 g/mol. The summed E-state index contributed by atoms with van der Waals surface area (Å²) in [6, 6.07) is -0.427. The molecule has 0 bridgehead atoms. The minimum atomic E-state index is -0.784. The molecule has 1 aliphatic carbocycles. The molecule has 25 heavy (non-hydrogen) atoms. The number of amides is 4. The number of carbonyl (C=O) groups is 3. The van der Waals surface area contributed by atoms with E-state index in [2.05, 4.69) is 19.2 Å². The topological polar surface area (TPSA) is 95.7 Å². The first kappa shape index (κ1) is 18.2. The predicted molar refractivity (Wildman–Crippen MR) is 93.6 cm³/mol. The van der Waals surface area contributed by atoms with Crippen molar-refractivity contribution in [3.8, 4) is 0 Å². The lowest BCUT2D eigenvalue weighted by Gasteiger charge is -2.38. The van der Waals surface area contributed by atoms with Crippen LogP contribution < -0.4 is 11.1 Å². The van der Waals surface area contributed by atoms with E-state index in [4.69, 9.17) is 5.73 Å². The van der Waals surface area contributed by atoms with Crippen LogP contribution in [0.1, 0.15) is 52.4 Å². The van der Waals surface area contributed by atoms with Gasteiger partial charge in [0.15, 0.2) is 0 Å².